The number of piperidine rings is 1. The Morgan fingerprint density at radius 1 is 1.06 bits per heavy atom. The number of nitrogens with one attached hydrogen (secondary N) is 1. The number of rotatable bonds is 8. The van der Waals surface area contributed by atoms with Crippen molar-refractivity contribution in [2.75, 3.05) is 31.6 Å². The van der Waals surface area contributed by atoms with Gasteiger partial charge >= 0.3 is 0 Å². The van der Waals surface area contributed by atoms with E-state index < -0.39 is 11.7 Å². The lowest BCUT2D eigenvalue weighted by Crippen LogP contribution is -2.38. The zero-order valence-electron chi connectivity index (χ0n) is 19.7. The van der Waals surface area contributed by atoms with Crippen molar-refractivity contribution in [1.82, 2.24) is 25.1 Å². The van der Waals surface area contributed by atoms with Gasteiger partial charge in [0.2, 0.25) is 0 Å². The van der Waals surface area contributed by atoms with Gasteiger partial charge in [0.15, 0.2) is 23.9 Å². The first-order valence-corrected chi connectivity index (χ1v) is 11.5. The summed E-state index contributed by atoms with van der Waals surface area (Å²) >= 11 is 0. The van der Waals surface area contributed by atoms with Crippen molar-refractivity contribution in [2.24, 2.45) is 0 Å². The van der Waals surface area contributed by atoms with Crippen molar-refractivity contribution in [3.05, 3.63) is 53.6 Å². The Kier molecular flexibility index (Phi) is 7.54. The highest BCUT2D eigenvalue weighted by molar-refractivity contribution is 6.04. The number of anilines is 1. The fourth-order valence-electron chi connectivity index (χ4n) is 3.82. The molecule has 0 bridgehead atoms. The summed E-state index contributed by atoms with van der Waals surface area (Å²) in [7, 11) is 0. The molecule has 1 fully saturated rings. The number of carbonyl (C=O) groups excluding carboxylic acids is 2. The van der Waals surface area contributed by atoms with E-state index >= 15 is 0 Å². The zero-order valence-corrected chi connectivity index (χ0v) is 19.7. The molecule has 2 aromatic carbocycles. The number of nitrogens with zero attached hydrogens (tertiary/aromatic N) is 5. The number of ether oxygens (including phenoxy) is 2. The highest BCUT2D eigenvalue weighted by Crippen LogP contribution is 2.29. The van der Waals surface area contributed by atoms with Gasteiger partial charge in [-0.1, -0.05) is 0 Å². The predicted molar refractivity (Wildman–Crippen MR) is 125 cm³/mol. The standard InChI is InChI=1S/C24H27FN6O4/c1-3-34-22-13-17(7-10-21(22)35-15-23(32)30-11-5-4-6-12-30)24(33)26-20-14-18(8-9-19(20)25)31-16(2)27-28-29-31/h7-10,13-14H,3-6,11-12,15H2,1-2H3,(H,26,33). The molecule has 184 valence electrons. The first-order chi connectivity index (χ1) is 17.0. The van der Waals surface area contributed by atoms with E-state index in [-0.39, 0.29) is 23.8 Å². The van der Waals surface area contributed by atoms with Gasteiger partial charge in [-0.2, -0.15) is 4.68 Å². The van der Waals surface area contributed by atoms with Gasteiger partial charge in [0.05, 0.1) is 18.0 Å². The van der Waals surface area contributed by atoms with Crippen molar-refractivity contribution in [1.29, 1.82) is 0 Å². The summed E-state index contributed by atoms with van der Waals surface area (Å²) in [4.78, 5) is 27.1. The Labute approximate surface area is 202 Å². The Morgan fingerprint density at radius 2 is 1.86 bits per heavy atom. The quantitative estimate of drug-likeness (QED) is 0.525. The molecule has 0 spiro atoms. The molecule has 0 radical (unpaired) electrons. The van der Waals surface area contributed by atoms with E-state index in [4.69, 9.17) is 9.47 Å². The van der Waals surface area contributed by atoms with Crippen LogP contribution in [0.2, 0.25) is 0 Å². The van der Waals surface area contributed by atoms with Crippen LogP contribution in [0, 0.1) is 12.7 Å². The van der Waals surface area contributed by atoms with Crippen molar-refractivity contribution in [3.8, 4) is 17.2 Å². The molecule has 3 aromatic rings. The summed E-state index contributed by atoms with van der Waals surface area (Å²) in [5.74, 6) is -0.0200. The highest BCUT2D eigenvalue weighted by Gasteiger charge is 2.19. The van der Waals surface area contributed by atoms with Crippen molar-refractivity contribution in [2.45, 2.75) is 33.1 Å². The van der Waals surface area contributed by atoms with E-state index in [1.807, 2.05) is 0 Å². The van der Waals surface area contributed by atoms with E-state index in [1.54, 1.807) is 24.8 Å². The number of benzene rings is 2. The molecule has 1 saturated heterocycles. The zero-order chi connectivity index (χ0) is 24.8. The molecule has 1 N–H and O–H groups in total. The first kappa shape index (κ1) is 24.1. The predicted octanol–water partition coefficient (Wildman–Crippen LogP) is 3.15. The number of hydrogen-bond donors (Lipinski definition) is 1. The normalized spacial score (nSPS) is 13.4. The summed E-state index contributed by atoms with van der Waals surface area (Å²) in [6, 6.07) is 8.80. The molecule has 35 heavy (non-hydrogen) atoms. The topological polar surface area (TPSA) is 111 Å². The van der Waals surface area contributed by atoms with E-state index in [0.29, 0.717) is 29.6 Å². The van der Waals surface area contributed by atoms with Crippen LogP contribution in [0.5, 0.6) is 11.5 Å². The monoisotopic (exact) mass is 482 g/mol. The Hall–Kier alpha value is -4.02. The van der Waals surface area contributed by atoms with Crippen LogP contribution in [-0.2, 0) is 4.79 Å². The average molecular weight is 483 g/mol. The third-order valence-corrected chi connectivity index (χ3v) is 5.63. The molecule has 2 amide bonds. The second-order valence-corrected chi connectivity index (χ2v) is 8.08. The number of tetrazole rings is 1. The van der Waals surface area contributed by atoms with Gasteiger partial charge in [0.1, 0.15) is 5.82 Å². The molecule has 10 nitrogen and oxygen atoms in total. The first-order valence-electron chi connectivity index (χ1n) is 11.5. The molecule has 0 aliphatic carbocycles. The molecule has 0 saturated carbocycles. The molecule has 1 aliphatic rings. The molecule has 11 heteroatoms. The van der Waals surface area contributed by atoms with Gasteiger partial charge in [-0.3, -0.25) is 9.59 Å². The van der Waals surface area contributed by atoms with Crippen LogP contribution in [0.25, 0.3) is 5.69 Å². The number of hydrogen-bond acceptors (Lipinski definition) is 7. The van der Waals surface area contributed by atoms with Crippen LogP contribution < -0.4 is 14.8 Å². The molecular weight excluding hydrogens is 455 g/mol. The summed E-state index contributed by atoms with van der Waals surface area (Å²) in [6.07, 6.45) is 3.13. The number of likely N-dealkylation sites (tertiary alicyclic amines) is 1. The number of carbonyl (C=O) groups is 2. The summed E-state index contributed by atoms with van der Waals surface area (Å²) < 4.78 is 27.2. The number of amides is 2. The lowest BCUT2D eigenvalue weighted by Gasteiger charge is -2.26. The largest absolute Gasteiger partial charge is 0.490 e. The second kappa shape index (κ2) is 10.9. The maximum absolute atomic E-state index is 14.4. The number of aromatic nitrogens is 4. The number of halogens is 1. The van der Waals surface area contributed by atoms with Gasteiger partial charge in [0, 0.05) is 18.7 Å². The maximum atomic E-state index is 14.4. The Morgan fingerprint density at radius 3 is 2.57 bits per heavy atom. The van der Waals surface area contributed by atoms with Crippen LogP contribution in [0.15, 0.2) is 36.4 Å². The summed E-state index contributed by atoms with van der Waals surface area (Å²) in [5.41, 5.74) is 0.723. The van der Waals surface area contributed by atoms with E-state index in [1.165, 1.54) is 35.0 Å². The minimum atomic E-state index is -0.603. The minimum absolute atomic E-state index is 0.0205. The van der Waals surface area contributed by atoms with Crippen LogP contribution in [-0.4, -0.2) is 63.2 Å². The minimum Gasteiger partial charge on any atom is -0.490 e. The van der Waals surface area contributed by atoms with E-state index in [2.05, 4.69) is 20.8 Å². The Bertz CT molecular complexity index is 1210. The van der Waals surface area contributed by atoms with Crippen molar-refractivity contribution >= 4 is 17.5 Å². The highest BCUT2D eigenvalue weighted by atomic mass is 19.1. The number of aryl methyl sites for hydroxylation is 1. The third kappa shape index (κ3) is 5.73. The Balaban J connectivity index is 1.48. The smallest absolute Gasteiger partial charge is 0.260 e. The molecule has 0 unspecified atom stereocenters. The van der Waals surface area contributed by atoms with Gasteiger partial charge in [-0.05, 0) is 79.9 Å². The van der Waals surface area contributed by atoms with E-state index in [0.717, 1.165) is 32.4 Å². The van der Waals surface area contributed by atoms with Crippen LogP contribution >= 0.6 is 0 Å². The van der Waals surface area contributed by atoms with Crippen LogP contribution in [0.4, 0.5) is 10.1 Å². The summed E-state index contributed by atoms with van der Waals surface area (Å²) in [6.45, 7) is 5.22. The van der Waals surface area contributed by atoms with Crippen LogP contribution in [0.3, 0.4) is 0 Å². The lowest BCUT2D eigenvalue weighted by molar-refractivity contribution is -0.134. The molecule has 0 atom stereocenters. The molecule has 1 aromatic heterocycles. The third-order valence-electron chi connectivity index (χ3n) is 5.63. The van der Waals surface area contributed by atoms with Crippen LogP contribution in [0.1, 0.15) is 42.4 Å². The fraction of sp³-hybridized carbons (Fsp3) is 0.375. The van der Waals surface area contributed by atoms with Crippen molar-refractivity contribution in [3.63, 3.8) is 0 Å². The van der Waals surface area contributed by atoms with Gasteiger partial charge < -0.3 is 19.7 Å². The van der Waals surface area contributed by atoms with Gasteiger partial charge in [-0.15, -0.1) is 5.10 Å². The van der Waals surface area contributed by atoms with Gasteiger partial charge in [0.25, 0.3) is 11.8 Å². The lowest BCUT2D eigenvalue weighted by atomic mass is 10.1. The molecule has 1 aliphatic heterocycles. The second-order valence-electron chi connectivity index (χ2n) is 8.08. The SMILES string of the molecule is CCOc1cc(C(=O)Nc2cc(-n3nnnc3C)ccc2F)ccc1OCC(=O)N1CCCCC1. The van der Waals surface area contributed by atoms with Crippen molar-refractivity contribution < 1.29 is 23.5 Å². The van der Waals surface area contributed by atoms with E-state index in [9.17, 15) is 14.0 Å². The molecular formula is C24H27FN6O4. The average Bonchev–Trinajstić information content (AvgIpc) is 3.30. The fourth-order valence-corrected chi connectivity index (χ4v) is 3.82. The summed E-state index contributed by atoms with van der Waals surface area (Å²) in [5, 5.41) is 13.8. The molecule has 4 rings (SSSR count). The maximum Gasteiger partial charge on any atom is 0.260 e. The van der Waals surface area contributed by atoms with Gasteiger partial charge in [-0.25, -0.2) is 4.39 Å². The molecule has 2 heterocycles.